The van der Waals surface area contributed by atoms with E-state index in [-0.39, 0.29) is 17.9 Å². The molecule has 0 spiro atoms. The molecular formula is C19H17N3O3. The summed E-state index contributed by atoms with van der Waals surface area (Å²) in [7, 11) is 0. The van der Waals surface area contributed by atoms with Crippen LogP contribution in [0.4, 0.5) is 5.69 Å². The normalized spacial score (nSPS) is 12.6. The summed E-state index contributed by atoms with van der Waals surface area (Å²) >= 11 is 0. The number of benzene rings is 2. The minimum Gasteiger partial charge on any atom is -0.512 e. The van der Waals surface area contributed by atoms with Crippen LogP contribution in [-0.2, 0) is 9.53 Å². The summed E-state index contributed by atoms with van der Waals surface area (Å²) in [5.74, 6) is -0.758. The van der Waals surface area contributed by atoms with Crippen LogP contribution < -0.4 is 0 Å². The van der Waals surface area contributed by atoms with E-state index in [9.17, 15) is 9.90 Å². The van der Waals surface area contributed by atoms with E-state index in [0.29, 0.717) is 11.2 Å². The van der Waals surface area contributed by atoms with Gasteiger partial charge in [-0.15, -0.1) is 0 Å². The smallest absolute Gasteiger partial charge is 0.343 e. The second kappa shape index (κ2) is 7.09. The van der Waals surface area contributed by atoms with Gasteiger partial charge in [0.05, 0.1) is 34.4 Å². The zero-order chi connectivity index (χ0) is 17.8. The van der Waals surface area contributed by atoms with E-state index < -0.39 is 5.97 Å². The van der Waals surface area contributed by atoms with Gasteiger partial charge in [-0.2, -0.15) is 0 Å². The zero-order valence-electron chi connectivity index (χ0n) is 13.9. The second-order valence-corrected chi connectivity index (χ2v) is 5.36. The molecule has 0 saturated heterocycles. The molecule has 1 heterocycles. The molecule has 0 saturated carbocycles. The number of esters is 1. The van der Waals surface area contributed by atoms with Crippen LogP contribution in [0, 0.1) is 0 Å². The van der Waals surface area contributed by atoms with Crippen molar-refractivity contribution in [2.45, 2.75) is 13.8 Å². The van der Waals surface area contributed by atoms with E-state index in [0.717, 1.165) is 16.6 Å². The number of aliphatic hydroxyl groups excluding tert-OH is 1. The number of aliphatic hydroxyl groups is 1. The Balaban J connectivity index is 1.97. The first kappa shape index (κ1) is 16.6. The largest absolute Gasteiger partial charge is 0.512 e. The number of hydrogen-bond donors (Lipinski definition) is 1. The van der Waals surface area contributed by atoms with Gasteiger partial charge in [0.15, 0.2) is 0 Å². The number of fused-ring (bicyclic) bond motifs is 2. The maximum atomic E-state index is 11.8. The van der Waals surface area contributed by atoms with Crippen molar-refractivity contribution in [3.63, 3.8) is 0 Å². The molecule has 0 unspecified atom stereocenters. The highest BCUT2D eigenvalue weighted by Gasteiger charge is 2.12. The lowest BCUT2D eigenvalue weighted by Crippen LogP contribution is -2.10. The Bertz CT molecular complexity index is 1010. The van der Waals surface area contributed by atoms with Crippen LogP contribution in [0.15, 0.2) is 58.8 Å². The molecule has 6 heteroatoms. The van der Waals surface area contributed by atoms with Gasteiger partial charge in [0.1, 0.15) is 11.3 Å². The first-order valence-electron chi connectivity index (χ1n) is 7.86. The summed E-state index contributed by atoms with van der Waals surface area (Å²) in [6.07, 6.45) is 1.29. The lowest BCUT2D eigenvalue weighted by Gasteiger charge is -2.04. The van der Waals surface area contributed by atoms with Crippen LogP contribution in [0.1, 0.15) is 13.8 Å². The maximum Gasteiger partial charge on any atom is 0.343 e. The number of hydrogen-bond acceptors (Lipinski definition) is 6. The minimum atomic E-state index is -0.613. The van der Waals surface area contributed by atoms with Crippen molar-refractivity contribution in [1.29, 1.82) is 0 Å². The summed E-state index contributed by atoms with van der Waals surface area (Å²) in [6, 6.07) is 13.0. The summed E-state index contributed by atoms with van der Waals surface area (Å²) in [5, 5.41) is 9.64. The molecule has 126 valence electrons. The van der Waals surface area contributed by atoms with Gasteiger partial charge in [0.2, 0.25) is 0 Å². The number of nitrogens with zero attached hydrogens (tertiary/aromatic N) is 3. The Kier molecular flexibility index (Phi) is 4.70. The molecule has 6 nitrogen and oxygen atoms in total. The molecule has 0 amide bonds. The molecule has 3 aromatic rings. The summed E-state index contributed by atoms with van der Waals surface area (Å²) in [5.41, 5.74) is 3.71. The molecule has 3 rings (SSSR count). The van der Waals surface area contributed by atoms with Crippen molar-refractivity contribution >= 4 is 39.9 Å². The van der Waals surface area contributed by atoms with Crippen molar-refractivity contribution in [3.8, 4) is 0 Å². The first-order valence-corrected chi connectivity index (χ1v) is 7.86. The van der Waals surface area contributed by atoms with Gasteiger partial charge in [-0.05, 0) is 44.2 Å². The lowest BCUT2D eigenvalue weighted by atomic mass is 10.2. The fraction of sp³-hybridized carbons (Fsp3) is 0.158. The topological polar surface area (TPSA) is 84.7 Å². The van der Waals surface area contributed by atoms with Gasteiger partial charge in [0, 0.05) is 6.21 Å². The molecular weight excluding hydrogens is 318 g/mol. The average Bonchev–Trinajstić information content (AvgIpc) is 2.60. The molecule has 0 bridgehead atoms. The minimum absolute atomic E-state index is 0.0199. The van der Waals surface area contributed by atoms with Crippen LogP contribution in [0.25, 0.3) is 22.1 Å². The monoisotopic (exact) mass is 335 g/mol. The highest BCUT2D eigenvalue weighted by atomic mass is 16.5. The number of carbonyl (C=O) groups is 1. The molecule has 0 fully saturated rings. The average molecular weight is 335 g/mol. The van der Waals surface area contributed by atoms with Crippen molar-refractivity contribution in [2.24, 2.45) is 4.99 Å². The Morgan fingerprint density at radius 3 is 2.40 bits per heavy atom. The summed E-state index contributed by atoms with van der Waals surface area (Å²) in [6.45, 7) is 3.34. The third-order valence-electron chi connectivity index (χ3n) is 3.55. The number of para-hydroxylation sites is 2. The fourth-order valence-electron chi connectivity index (χ4n) is 2.33. The van der Waals surface area contributed by atoms with Crippen LogP contribution in [0.2, 0.25) is 0 Å². The standard InChI is InChI=1S/C19H17N3O3/c1-3-25-19(24)14(12(2)23)11-20-13-8-9-17-18(10-13)22-16-7-5-4-6-15(16)21-17/h4-11,23H,3H2,1-2H3/b14-12+,20-11?. The number of rotatable bonds is 4. The van der Waals surface area contributed by atoms with Gasteiger partial charge in [-0.1, -0.05) is 12.1 Å². The van der Waals surface area contributed by atoms with Crippen LogP contribution in [-0.4, -0.2) is 33.9 Å². The Hall–Kier alpha value is -3.28. The van der Waals surface area contributed by atoms with Crippen LogP contribution in [0.5, 0.6) is 0 Å². The first-order chi connectivity index (χ1) is 12.1. The molecule has 0 atom stereocenters. The van der Waals surface area contributed by atoms with Gasteiger partial charge < -0.3 is 9.84 Å². The number of aliphatic imine (C=N–C) groups is 1. The van der Waals surface area contributed by atoms with E-state index in [4.69, 9.17) is 4.74 Å². The van der Waals surface area contributed by atoms with E-state index in [1.54, 1.807) is 19.1 Å². The number of allylic oxidation sites excluding steroid dienone is 1. The number of ether oxygens (including phenoxy) is 1. The van der Waals surface area contributed by atoms with Crippen LogP contribution >= 0.6 is 0 Å². The third kappa shape index (κ3) is 3.63. The van der Waals surface area contributed by atoms with E-state index in [2.05, 4.69) is 15.0 Å². The molecule has 2 aromatic carbocycles. The highest BCUT2D eigenvalue weighted by Crippen LogP contribution is 2.21. The maximum absolute atomic E-state index is 11.8. The van der Waals surface area contributed by atoms with Crippen molar-refractivity contribution in [3.05, 3.63) is 53.8 Å². The molecule has 0 aliphatic heterocycles. The quantitative estimate of drug-likeness (QED) is 0.257. The van der Waals surface area contributed by atoms with Gasteiger partial charge in [-0.25, -0.2) is 14.8 Å². The molecule has 0 radical (unpaired) electrons. The van der Waals surface area contributed by atoms with Crippen molar-refractivity contribution in [1.82, 2.24) is 9.97 Å². The van der Waals surface area contributed by atoms with Gasteiger partial charge >= 0.3 is 5.97 Å². The molecule has 0 aliphatic rings. The third-order valence-corrected chi connectivity index (χ3v) is 3.55. The predicted molar refractivity (Wildman–Crippen MR) is 97.2 cm³/mol. The Morgan fingerprint density at radius 2 is 1.76 bits per heavy atom. The summed E-state index contributed by atoms with van der Waals surface area (Å²) in [4.78, 5) is 25.2. The predicted octanol–water partition coefficient (Wildman–Crippen LogP) is 3.88. The van der Waals surface area contributed by atoms with Crippen molar-refractivity contribution < 1.29 is 14.6 Å². The second-order valence-electron chi connectivity index (χ2n) is 5.36. The van der Waals surface area contributed by atoms with E-state index in [1.807, 2.05) is 30.3 Å². The lowest BCUT2D eigenvalue weighted by molar-refractivity contribution is -0.138. The van der Waals surface area contributed by atoms with Gasteiger partial charge in [-0.3, -0.25) is 4.99 Å². The van der Waals surface area contributed by atoms with Crippen molar-refractivity contribution in [2.75, 3.05) is 6.61 Å². The molecule has 1 aromatic heterocycles. The van der Waals surface area contributed by atoms with E-state index in [1.165, 1.54) is 13.1 Å². The van der Waals surface area contributed by atoms with E-state index >= 15 is 0 Å². The molecule has 1 N–H and O–H groups in total. The van der Waals surface area contributed by atoms with Crippen LogP contribution in [0.3, 0.4) is 0 Å². The SMILES string of the molecule is CCOC(=O)/C(C=Nc1ccc2nc3ccccc3nc2c1)=C(\C)O. The molecule has 25 heavy (non-hydrogen) atoms. The summed E-state index contributed by atoms with van der Waals surface area (Å²) < 4.78 is 4.90. The Morgan fingerprint density at radius 1 is 1.12 bits per heavy atom. The molecule has 0 aliphatic carbocycles. The number of aromatic nitrogens is 2. The Labute approximate surface area is 144 Å². The highest BCUT2D eigenvalue weighted by molar-refractivity contribution is 6.10. The zero-order valence-corrected chi connectivity index (χ0v) is 13.9. The fourth-order valence-corrected chi connectivity index (χ4v) is 2.33. The number of carbonyl (C=O) groups excluding carboxylic acids is 1. The van der Waals surface area contributed by atoms with Gasteiger partial charge in [0.25, 0.3) is 0 Å².